The summed E-state index contributed by atoms with van der Waals surface area (Å²) in [5, 5.41) is 2.31. The summed E-state index contributed by atoms with van der Waals surface area (Å²) in [4.78, 5) is 33.7. The van der Waals surface area contributed by atoms with E-state index in [1.54, 1.807) is 0 Å². The van der Waals surface area contributed by atoms with E-state index in [1.807, 2.05) is 0 Å². The van der Waals surface area contributed by atoms with Crippen LogP contribution in [0.4, 0.5) is 0 Å². The molecule has 0 unspecified atom stereocenters. The van der Waals surface area contributed by atoms with Gasteiger partial charge in [0, 0.05) is 12.7 Å². The van der Waals surface area contributed by atoms with E-state index in [9.17, 15) is 14.4 Å². The molecule has 0 aromatic carbocycles. The molecule has 0 radical (unpaired) electrons. The molecule has 0 spiro atoms. The zero-order valence-electron chi connectivity index (χ0n) is 10.2. The summed E-state index contributed by atoms with van der Waals surface area (Å²) in [6, 6.07) is -1.85. The molecular formula is C10H19N3O4S. The third-order valence-electron chi connectivity index (χ3n) is 2.07. The van der Waals surface area contributed by atoms with E-state index in [0.717, 1.165) is 0 Å². The Morgan fingerprint density at radius 2 is 1.94 bits per heavy atom. The largest absolute Gasteiger partial charge is 0.390 e. The van der Waals surface area contributed by atoms with E-state index >= 15 is 0 Å². The van der Waals surface area contributed by atoms with Gasteiger partial charge in [-0.05, 0) is 19.4 Å². The fourth-order valence-electron chi connectivity index (χ4n) is 1.13. The smallest absolute Gasteiger partial charge is 0.337 e. The van der Waals surface area contributed by atoms with E-state index < -0.39 is 29.9 Å². The van der Waals surface area contributed by atoms with Crippen molar-refractivity contribution in [3.05, 3.63) is 0 Å². The second kappa shape index (κ2) is 8.90. The molecule has 8 heteroatoms. The Kier molecular flexibility index (Phi) is 8.34. The summed E-state index contributed by atoms with van der Waals surface area (Å²) < 4.78 is 4.56. The van der Waals surface area contributed by atoms with E-state index in [-0.39, 0.29) is 5.75 Å². The van der Waals surface area contributed by atoms with Crippen molar-refractivity contribution in [3.8, 4) is 0 Å². The molecule has 7 nitrogen and oxygen atoms in total. The highest BCUT2D eigenvalue weighted by molar-refractivity contribution is 7.80. The maximum atomic E-state index is 11.5. The number of esters is 2. The summed E-state index contributed by atoms with van der Waals surface area (Å²) in [6.45, 7) is 1.65. The van der Waals surface area contributed by atoms with Gasteiger partial charge in [-0.3, -0.25) is 4.79 Å². The molecular weight excluding hydrogens is 258 g/mol. The van der Waals surface area contributed by atoms with Crippen molar-refractivity contribution in [1.82, 2.24) is 5.32 Å². The Balaban J connectivity index is 4.27. The number of hydrogen-bond donors (Lipinski definition) is 4. The number of thiol groups is 1. The molecule has 18 heavy (non-hydrogen) atoms. The van der Waals surface area contributed by atoms with E-state index in [2.05, 4.69) is 22.7 Å². The fourth-order valence-corrected chi connectivity index (χ4v) is 1.37. The molecule has 0 saturated carbocycles. The standard InChI is InChI=1S/C10H19N3O4S/c1-6(14)13-8(5-18)10(16)17-9(15)7(12)3-2-4-11/h7-8,18H,2-5,11-12H2,1H3,(H,13,14)/t7-,8+/m1/s1. The van der Waals surface area contributed by atoms with Gasteiger partial charge in [-0.15, -0.1) is 0 Å². The van der Waals surface area contributed by atoms with Crippen molar-refractivity contribution in [1.29, 1.82) is 0 Å². The molecule has 0 rings (SSSR count). The van der Waals surface area contributed by atoms with E-state index in [1.165, 1.54) is 6.92 Å². The van der Waals surface area contributed by atoms with Gasteiger partial charge >= 0.3 is 11.9 Å². The van der Waals surface area contributed by atoms with Crippen LogP contribution in [0.3, 0.4) is 0 Å². The van der Waals surface area contributed by atoms with Crippen molar-refractivity contribution in [2.24, 2.45) is 11.5 Å². The Bertz CT molecular complexity index is 311. The minimum absolute atomic E-state index is 0.0315. The van der Waals surface area contributed by atoms with Gasteiger partial charge in [-0.25, -0.2) is 9.59 Å². The van der Waals surface area contributed by atoms with E-state index in [4.69, 9.17) is 11.5 Å². The topological polar surface area (TPSA) is 125 Å². The summed E-state index contributed by atoms with van der Waals surface area (Å²) in [5.74, 6) is -2.08. The first-order valence-electron chi connectivity index (χ1n) is 5.51. The number of ether oxygens (including phenoxy) is 1. The summed E-state index contributed by atoms with van der Waals surface area (Å²) in [5.41, 5.74) is 10.8. The Morgan fingerprint density at radius 1 is 1.33 bits per heavy atom. The minimum atomic E-state index is -0.962. The van der Waals surface area contributed by atoms with Gasteiger partial charge in [0.15, 0.2) is 0 Å². The highest BCUT2D eigenvalue weighted by Crippen LogP contribution is 1.99. The number of rotatable bonds is 7. The first-order valence-corrected chi connectivity index (χ1v) is 6.14. The molecule has 0 fully saturated rings. The average Bonchev–Trinajstić information content (AvgIpc) is 2.32. The first-order chi connectivity index (χ1) is 8.42. The highest BCUT2D eigenvalue weighted by atomic mass is 32.1. The van der Waals surface area contributed by atoms with Crippen molar-refractivity contribution in [2.45, 2.75) is 31.8 Å². The van der Waals surface area contributed by atoms with Crippen LogP contribution in [0.5, 0.6) is 0 Å². The van der Waals surface area contributed by atoms with Gasteiger partial charge in [0.05, 0.1) is 0 Å². The van der Waals surface area contributed by atoms with Gasteiger partial charge in [0.2, 0.25) is 5.91 Å². The predicted molar refractivity (Wildman–Crippen MR) is 68.8 cm³/mol. The molecule has 1 amide bonds. The minimum Gasteiger partial charge on any atom is -0.390 e. The molecule has 0 aliphatic rings. The van der Waals surface area contributed by atoms with Crippen molar-refractivity contribution < 1.29 is 19.1 Å². The van der Waals surface area contributed by atoms with Gasteiger partial charge in [0.1, 0.15) is 12.1 Å². The molecule has 0 heterocycles. The molecule has 0 saturated heterocycles. The van der Waals surface area contributed by atoms with Crippen LogP contribution in [0.25, 0.3) is 0 Å². The first kappa shape index (κ1) is 16.9. The number of carbonyl (C=O) groups excluding carboxylic acids is 3. The maximum Gasteiger partial charge on any atom is 0.337 e. The number of carbonyl (C=O) groups is 3. The fraction of sp³-hybridized carbons (Fsp3) is 0.700. The van der Waals surface area contributed by atoms with Crippen LogP contribution in [-0.2, 0) is 19.1 Å². The highest BCUT2D eigenvalue weighted by Gasteiger charge is 2.25. The zero-order valence-corrected chi connectivity index (χ0v) is 11.1. The average molecular weight is 277 g/mol. The van der Waals surface area contributed by atoms with Crippen LogP contribution in [0.2, 0.25) is 0 Å². The molecule has 0 bridgehead atoms. The Labute approximate surface area is 111 Å². The van der Waals surface area contributed by atoms with Crippen LogP contribution in [0.15, 0.2) is 0 Å². The number of nitrogens with two attached hydrogens (primary N) is 2. The lowest BCUT2D eigenvalue weighted by Gasteiger charge is -2.15. The van der Waals surface area contributed by atoms with Crippen LogP contribution in [-0.4, -0.2) is 42.2 Å². The predicted octanol–water partition coefficient (Wildman–Crippen LogP) is -1.44. The molecule has 5 N–H and O–H groups in total. The maximum absolute atomic E-state index is 11.5. The summed E-state index contributed by atoms with van der Waals surface area (Å²) >= 11 is 3.89. The van der Waals surface area contributed by atoms with Gasteiger partial charge in [0.25, 0.3) is 0 Å². The second-order valence-electron chi connectivity index (χ2n) is 3.71. The van der Waals surface area contributed by atoms with Crippen molar-refractivity contribution in [3.63, 3.8) is 0 Å². The van der Waals surface area contributed by atoms with Gasteiger partial charge in [-0.2, -0.15) is 12.6 Å². The molecule has 104 valence electrons. The lowest BCUT2D eigenvalue weighted by atomic mass is 10.2. The second-order valence-corrected chi connectivity index (χ2v) is 4.08. The summed E-state index contributed by atoms with van der Waals surface area (Å²) in [6.07, 6.45) is 0.903. The molecule has 0 aromatic heterocycles. The Hall–Kier alpha value is -1.12. The molecule has 0 aliphatic carbocycles. The number of hydrogen-bond acceptors (Lipinski definition) is 7. The number of nitrogens with one attached hydrogen (secondary N) is 1. The zero-order chi connectivity index (χ0) is 14.1. The summed E-state index contributed by atoms with van der Waals surface area (Å²) in [7, 11) is 0. The normalized spacial score (nSPS) is 13.6. The van der Waals surface area contributed by atoms with Crippen LogP contribution < -0.4 is 16.8 Å². The third-order valence-corrected chi connectivity index (χ3v) is 2.43. The van der Waals surface area contributed by atoms with Gasteiger partial charge in [-0.1, -0.05) is 0 Å². The molecule has 0 aromatic rings. The van der Waals surface area contributed by atoms with Crippen molar-refractivity contribution in [2.75, 3.05) is 12.3 Å². The van der Waals surface area contributed by atoms with Crippen LogP contribution in [0, 0.1) is 0 Å². The quantitative estimate of drug-likeness (QED) is 0.256. The lowest BCUT2D eigenvalue weighted by Crippen LogP contribution is -2.45. The third kappa shape index (κ3) is 6.58. The van der Waals surface area contributed by atoms with Crippen LogP contribution in [0.1, 0.15) is 19.8 Å². The van der Waals surface area contributed by atoms with E-state index in [0.29, 0.717) is 19.4 Å². The molecule has 0 aliphatic heterocycles. The monoisotopic (exact) mass is 277 g/mol. The van der Waals surface area contributed by atoms with Gasteiger partial charge < -0.3 is 21.5 Å². The SMILES string of the molecule is CC(=O)N[C@@H](CS)C(=O)OC(=O)[C@H](N)CCCN. The number of amides is 1. The van der Waals surface area contributed by atoms with Crippen molar-refractivity contribution >= 4 is 30.5 Å². The van der Waals surface area contributed by atoms with Crippen LogP contribution >= 0.6 is 12.6 Å². The lowest BCUT2D eigenvalue weighted by molar-refractivity contribution is -0.162. The molecule has 2 atom stereocenters. The Morgan fingerprint density at radius 3 is 2.39 bits per heavy atom.